The van der Waals surface area contributed by atoms with Gasteiger partial charge in [0.15, 0.2) is 11.0 Å². The number of amides is 1. The number of aryl methyl sites for hydroxylation is 2. The van der Waals surface area contributed by atoms with Gasteiger partial charge >= 0.3 is 0 Å². The first-order valence-electron chi connectivity index (χ1n) is 5.64. The normalized spacial score (nSPS) is 10.6. The van der Waals surface area contributed by atoms with E-state index in [1.807, 2.05) is 13.8 Å². The molecule has 0 aliphatic rings. The van der Waals surface area contributed by atoms with Crippen LogP contribution in [0.2, 0.25) is 0 Å². The number of thioether (sulfide) groups is 1. The summed E-state index contributed by atoms with van der Waals surface area (Å²) in [5.74, 6) is 6.56. The average Bonchev–Trinajstić information content (AvgIpc) is 2.93. The molecule has 0 saturated carbocycles. The van der Waals surface area contributed by atoms with E-state index in [0.717, 1.165) is 4.88 Å². The van der Waals surface area contributed by atoms with Gasteiger partial charge < -0.3 is 11.2 Å². The van der Waals surface area contributed by atoms with Crippen LogP contribution in [0, 0.1) is 6.92 Å². The first-order valence-corrected chi connectivity index (χ1v) is 7.44. The van der Waals surface area contributed by atoms with Gasteiger partial charge in [-0.3, -0.25) is 4.79 Å². The number of aromatic nitrogens is 4. The lowest BCUT2D eigenvalue weighted by atomic mass is 10.5. The van der Waals surface area contributed by atoms with Gasteiger partial charge in [0.05, 0.1) is 5.75 Å². The van der Waals surface area contributed by atoms with Crippen molar-refractivity contribution in [1.29, 1.82) is 0 Å². The van der Waals surface area contributed by atoms with Crippen LogP contribution in [0.25, 0.3) is 0 Å². The van der Waals surface area contributed by atoms with Crippen molar-refractivity contribution in [3.8, 4) is 0 Å². The zero-order valence-corrected chi connectivity index (χ0v) is 12.2. The third-order valence-corrected chi connectivity index (χ3v) is 4.02. The molecule has 2 aromatic rings. The van der Waals surface area contributed by atoms with Gasteiger partial charge in [-0.05, 0) is 6.92 Å². The van der Waals surface area contributed by atoms with Crippen LogP contribution in [0.15, 0.2) is 11.4 Å². The summed E-state index contributed by atoms with van der Waals surface area (Å²) in [6.45, 7) is 3.88. The van der Waals surface area contributed by atoms with Crippen LogP contribution in [-0.2, 0) is 11.2 Å². The zero-order chi connectivity index (χ0) is 13.8. The van der Waals surface area contributed by atoms with E-state index < -0.39 is 0 Å². The standard InChI is InChI=1S/C10H14N6OS2/c1-3-7-14-15-10(16(7)11)18-5-8(17)13-9-12-4-6(2)19-9/h4H,3,5,11H2,1-2H3,(H,12,13,17). The van der Waals surface area contributed by atoms with Gasteiger partial charge in [0.25, 0.3) is 0 Å². The van der Waals surface area contributed by atoms with Crippen LogP contribution in [0.3, 0.4) is 0 Å². The predicted molar refractivity (Wildman–Crippen MR) is 75.8 cm³/mol. The average molecular weight is 298 g/mol. The summed E-state index contributed by atoms with van der Waals surface area (Å²) in [6, 6.07) is 0. The molecule has 0 fully saturated rings. The molecule has 0 atom stereocenters. The maximum atomic E-state index is 11.7. The highest BCUT2D eigenvalue weighted by molar-refractivity contribution is 7.99. The summed E-state index contributed by atoms with van der Waals surface area (Å²) in [7, 11) is 0. The number of nitrogens with one attached hydrogen (secondary N) is 1. The van der Waals surface area contributed by atoms with Crippen LogP contribution in [0.5, 0.6) is 0 Å². The number of nitrogen functional groups attached to an aromatic ring is 1. The van der Waals surface area contributed by atoms with E-state index in [0.29, 0.717) is 22.5 Å². The predicted octanol–water partition coefficient (Wildman–Crippen LogP) is 1.05. The van der Waals surface area contributed by atoms with Gasteiger partial charge in [0.2, 0.25) is 11.1 Å². The summed E-state index contributed by atoms with van der Waals surface area (Å²) < 4.78 is 1.41. The number of nitrogens with zero attached hydrogens (tertiary/aromatic N) is 4. The highest BCUT2D eigenvalue weighted by Crippen LogP contribution is 2.18. The van der Waals surface area contributed by atoms with Crippen molar-refractivity contribution >= 4 is 34.1 Å². The summed E-state index contributed by atoms with van der Waals surface area (Å²) in [5, 5.41) is 11.7. The van der Waals surface area contributed by atoms with Crippen molar-refractivity contribution < 1.29 is 4.79 Å². The minimum absolute atomic E-state index is 0.139. The molecule has 0 unspecified atom stereocenters. The number of carbonyl (C=O) groups excluding carboxylic acids is 1. The Morgan fingerprint density at radius 3 is 2.95 bits per heavy atom. The van der Waals surface area contributed by atoms with E-state index in [2.05, 4.69) is 20.5 Å². The molecule has 2 heterocycles. The summed E-state index contributed by atoms with van der Waals surface area (Å²) in [6.07, 6.45) is 2.42. The van der Waals surface area contributed by atoms with E-state index in [4.69, 9.17) is 5.84 Å². The largest absolute Gasteiger partial charge is 0.336 e. The topological polar surface area (TPSA) is 98.7 Å². The molecule has 2 rings (SSSR count). The smallest absolute Gasteiger partial charge is 0.236 e. The van der Waals surface area contributed by atoms with Crippen LogP contribution in [0.4, 0.5) is 5.13 Å². The van der Waals surface area contributed by atoms with Crippen molar-refractivity contribution in [3.05, 3.63) is 16.9 Å². The third-order valence-electron chi connectivity index (χ3n) is 2.25. The van der Waals surface area contributed by atoms with Gasteiger partial charge in [-0.15, -0.1) is 21.5 Å². The van der Waals surface area contributed by atoms with Crippen LogP contribution in [-0.4, -0.2) is 31.5 Å². The fourth-order valence-electron chi connectivity index (χ4n) is 1.34. The Balaban J connectivity index is 1.88. The minimum atomic E-state index is -0.139. The van der Waals surface area contributed by atoms with Crippen molar-refractivity contribution in [1.82, 2.24) is 19.9 Å². The highest BCUT2D eigenvalue weighted by atomic mass is 32.2. The molecule has 0 aliphatic carbocycles. The lowest BCUT2D eigenvalue weighted by molar-refractivity contribution is -0.113. The fraction of sp³-hybridized carbons (Fsp3) is 0.400. The van der Waals surface area contributed by atoms with Crippen LogP contribution in [0.1, 0.15) is 17.6 Å². The van der Waals surface area contributed by atoms with Gasteiger partial charge in [-0.1, -0.05) is 18.7 Å². The molecule has 0 bridgehead atoms. The lowest BCUT2D eigenvalue weighted by Gasteiger charge is -2.02. The van der Waals surface area contributed by atoms with E-state index >= 15 is 0 Å². The second-order valence-electron chi connectivity index (χ2n) is 3.74. The Hall–Kier alpha value is -1.61. The Morgan fingerprint density at radius 1 is 1.58 bits per heavy atom. The van der Waals surface area contributed by atoms with E-state index in [1.54, 1.807) is 6.20 Å². The number of anilines is 1. The van der Waals surface area contributed by atoms with Crippen LogP contribution < -0.4 is 11.2 Å². The third kappa shape index (κ3) is 3.44. The first-order chi connectivity index (χ1) is 9.10. The van der Waals surface area contributed by atoms with Crippen molar-refractivity contribution in [2.75, 3.05) is 16.9 Å². The number of carbonyl (C=O) groups is 1. The van der Waals surface area contributed by atoms with E-state index in [9.17, 15) is 4.79 Å². The fourth-order valence-corrected chi connectivity index (χ4v) is 2.70. The van der Waals surface area contributed by atoms with E-state index in [1.165, 1.54) is 27.8 Å². The second-order valence-corrected chi connectivity index (χ2v) is 5.91. The zero-order valence-electron chi connectivity index (χ0n) is 10.6. The Bertz CT molecular complexity index is 578. The Labute approximate surface area is 118 Å². The van der Waals surface area contributed by atoms with Gasteiger partial charge in [0.1, 0.15) is 0 Å². The molecule has 3 N–H and O–H groups in total. The summed E-state index contributed by atoms with van der Waals surface area (Å²) in [5.41, 5.74) is 0. The second kappa shape index (κ2) is 6.02. The van der Waals surface area contributed by atoms with E-state index in [-0.39, 0.29) is 11.7 Å². The van der Waals surface area contributed by atoms with Gasteiger partial charge in [0, 0.05) is 17.5 Å². The number of thiazole rings is 1. The summed E-state index contributed by atoms with van der Waals surface area (Å²) >= 11 is 2.69. The Morgan fingerprint density at radius 2 is 2.37 bits per heavy atom. The molecule has 9 heteroatoms. The quantitative estimate of drug-likeness (QED) is 0.632. The first kappa shape index (κ1) is 13.8. The molecule has 0 radical (unpaired) electrons. The summed E-state index contributed by atoms with van der Waals surface area (Å²) in [4.78, 5) is 16.8. The minimum Gasteiger partial charge on any atom is -0.336 e. The molecule has 102 valence electrons. The highest BCUT2D eigenvalue weighted by Gasteiger charge is 2.11. The maximum absolute atomic E-state index is 11.7. The monoisotopic (exact) mass is 298 g/mol. The lowest BCUT2D eigenvalue weighted by Crippen LogP contribution is -2.17. The van der Waals surface area contributed by atoms with Crippen molar-refractivity contribution in [2.24, 2.45) is 0 Å². The maximum Gasteiger partial charge on any atom is 0.236 e. The van der Waals surface area contributed by atoms with Crippen molar-refractivity contribution in [3.63, 3.8) is 0 Å². The molecule has 7 nitrogen and oxygen atoms in total. The molecular formula is C10H14N6OS2. The van der Waals surface area contributed by atoms with Crippen molar-refractivity contribution in [2.45, 2.75) is 25.4 Å². The number of hydrogen-bond donors (Lipinski definition) is 2. The Kier molecular flexibility index (Phi) is 4.38. The van der Waals surface area contributed by atoms with Gasteiger partial charge in [-0.25, -0.2) is 9.66 Å². The molecule has 19 heavy (non-hydrogen) atoms. The molecule has 2 aromatic heterocycles. The van der Waals surface area contributed by atoms with Gasteiger partial charge in [-0.2, -0.15) is 0 Å². The molecule has 0 aliphatic heterocycles. The molecule has 1 amide bonds. The molecule has 0 aromatic carbocycles. The SMILES string of the molecule is CCc1nnc(SCC(=O)Nc2ncc(C)s2)n1N. The number of rotatable bonds is 5. The molecular weight excluding hydrogens is 284 g/mol. The molecule has 0 spiro atoms. The molecule has 0 saturated heterocycles. The number of hydrogen-bond acceptors (Lipinski definition) is 7. The van der Waals surface area contributed by atoms with Crippen LogP contribution >= 0.6 is 23.1 Å². The number of nitrogens with two attached hydrogens (primary N) is 1.